The van der Waals surface area contributed by atoms with E-state index in [1.807, 2.05) is 78.9 Å². The van der Waals surface area contributed by atoms with Gasteiger partial charge in [-0.25, -0.2) is 0 Å². The van der Waals surface area contributed by atoms with Crippen molar-refractivity contribution < 1.29 is 5.11 Å². The maximum Gasteiger partial charge on any atom is 0.122 e. The number of phenols is 1. The van der Waals surface area contributed by atoms with Gasteiger partial charge in [-0.3, -0.25) is 0 Å². The molecule has 5 aromatic rings. The number of nitrogens with zero attached hydrogens (tertiary/aromatic N) is 2. The number of aromatic hydroxyl groups is 1. The molecule has 0 radical (unpaired) electrons. The summed E-state index contributed by atoms with van der Waals surface area (Å²) in [4.78, 5) is 4.43. The second-order valence-corrected chi connectivity index (χ2v) is 8.69. The number of nitrogen functional groups attached to an aromatic ring is 1. The number of phenolic OH excluding ortho intramolecular Hbond substituents is 1. The molecular formula is C32H29N3O. The van der Waals surface area contributed by atoms with Gasteiger partial charge in [0.1, 0.15) is 5.75 Å². The summed E-state index contributed by atoms with van der Waals surface area (Å²) in [5, 5.41) is 10.9. The molecule has 0 aliphatic heterocycles. The normalized spacial score (nSPS) is 10.7. The third-order valence-electron chi connectivity index (χ3n) is 6.27. The molecule has 3 N–H and O–H groups in total. The fraction of sp³-hybridized carbons (Fsp3) is 0.0625. The Morgan fingerprint density at radius 1 is 0.472 bits per heavy atom. The van der Waals surface area contributed by atoms with Gasteiger partial charge in [0, 0.05) is 40.1 Å². The van der Waals surface area contributed by atoms with E-state index in [9.17, 15) is 5.11 Å². The highest BCUT2D eigenvalue weighted by molar-refractivity contribution is 5.67. The lowest BCUT2D eigenvalue weighted by Gasteiger charge is -2.28. The molecule has 0 spiro atoms. The minimum absolute atomic E-state index is 0.194. The molecule has 0 atom stereocenters. The van der Waals surface area contributed by atoms with Crippen LogP contribution in [0.25, 0.3) is 0 Å². The lowest BCUT2D eigenvalue weighted by molar-refractivity contribution is 0.468. The molecule has 0 unspecified atom stereocenters. The molecule has 4 heteroatoms. The van der Waals surface area contributed by atoms with Crippen molar-refractivity contribution in [2.45, 2.75) is 13.1 Å². The molecule has 36 heavy (non-hydrogen) atoms. The molecular weight excluding hydrogens is 442 g/mol. The van der Waals surface area contributed by atoms with Crippen LogP contribution in [0.15, 0.2) is 133 Å². The Morgan fingerprint density at radius 2 is 0.806 bits per heavy atom. The zero-order valence-electron chi connectivity index (χ0n) is 20.0. The second-order valence-electron chi connectivity index (χ2n) is 8.69. The van der Waals surface area contributed by atoms with Crippen molar-refractivity contribution in [1.82, 2.24) is 0 Å². The van der Waals surface area contributed by atoms with Gasteiger partial charge in [0.15, 0.2) is 0 Å². The Labute approximate surface area is 212 Å². The molecule has 0 amide bonds. The first-order valence-corrected chi connectivity index (χ1v) is 12.0. The molecule has 5 aromatic carbocycles. The van der Waals surface area contributed by atoms with Crippen LogP contribution in [0.3, 0.4) is 0 Å². The average Bonchev–Trinajstić information content (AvgIpc) is 2.94. The Bertz CT molecular complexity index is 1210. The molecule has 0 saturated carbocycles. The predicted molar refractivity (Wildman–Crippen MR) is 150 cm³/mol. The Balaban J connectivity index is 1.52. The SMILES string of the molecule is Nc1cc(O)c(CN(c2ccccc2)c2ccccc2)cc1CN(c1ccccc1)c1ccccc1. The van der Waals surface area contributed by atoms with Crippen molar-refractivity contribution in [2.24, 2.45) is 0 Å². The van der Waals surface area contributed by atoms with Crippen molar-refractivity contribution in [3.63, 3.8) is 0 Å². The van der Waals surface area contributed by atoms with Crippen LogP contribution in [0, 0.1) is 0 Å². The number of rotatable bonds is 8. The van der Waals surface area contributed by atoms with Gasteiger partial charge in [-0.2, -0.15) is 0 Å². The van der Waals surface area contributed by atoms with Crippen LogP contribution in [0.5, 0.6) is 5.75 Å². The molecule has 0 aromatic heterocycles. The number of hydrogen-bond acceptors (Lipinski definition) is 4. The van der Waals surface area contributed by atoms with Gasteiger partial charge in [-0.1, -0.05) is 72.8 Å². The Hall–Kier alpha value is -4.70. The smallest absolute Gasteiger partial charge is 0.122 e. The summed E-state index contributed by atoms with van der Waals surface area (Å²) in [5.41, 5.74) is 13.0. The minimum atomic E-state index is 0.194. The Morgan fingerprint density at radius 3 is 1.17 bits per heavy atom. The van der Waals surface area contributed by atoms with E-state index in [0.29, 0.717) is 18.8 Å². The molecule has 0 heterocycles. The molecule has 0 saturated heterocycles. The zero-order chi connectivity index (χ0) is 24.7. The first-order chi connectivity index (χ1) is 17.7. The van der Waals surface area contributed by atoms with E-state index in [-0.39, 0.29) is 5.75 Å². The second kappa shape index (κ2) is 10.7. The van der Waals surface area contributed by atoms with Crippen molar-refractivity contribution in [3.8, 4) is 5.75 Å². The number of benzene rings is 5. The zero-order valence-corrected chi connectivity index (χ0v) is 20.0. The summed E-state index contributed by atoms with van der Waals surface area (Å²) in [6.07, 6.45) is 0. The molecule has 178 valence electrons. The summed E-state index contributed by atoms with van der Waals surface area (Å²) in [6.45, 7) is 1.08. The topological polar surface area (TPSA) is 52.7 Å². The third-order valence-corrected chi connectivity index (χ3v) is 6.27. The molecule has 0 aliphatic carbocycles. The molecule has 4 nitrogen and oxygen atoms in total. The lowest BCUT2D eigenvalue weighted by Crippen LogP contribution is -2.19. The van der Waals surface area contributed by atoms with Crippen LogP contribution in [0.4, 0.5) is 28.4 Å². The third kappa shape index (κ3) is 5.18. The lowest BCUT2D eigenvalue weighted by atomic mass is 10.0. The van der Waals surface area contributed by atoms with Crippen molar-refractivity contribution >= 4 is 28.4 Å². The number of nitrogens with two attached hydrogens (primary N) is 1. The maximum atomic E-state index is 10.9. The fourth-order valence-corrected chi connectivity index (χ4v) is 4.40. The van der Waals surface area contributed by atoms with Gasteiger partial charge < -0.3 is 20.6 Å². The van der Waals surface area contributed by atoms with E-state index < -0.39 is 0 Å². The van der Waals surface area contributed by atoms with Crippen LogP contribution in [0.1, 0.15) is 11.1 Å². The van der Waals surface area contributed by atoms with Gasteiger partial charge in [0.25, 0.3) is 0 Å². The van der Waals surface area contributed by atoms with Gasteiger partial charge in [-0.05, 0) is 60.2 Å². The van der Waals surface area contributed by atoms with E-state index in [1.54, 1.807) is 6.07 Å². The van der Waals surface area contributed by atoms with Crippen molar-refractivity contribution in [1.29, 1.82) is 0 Å². The first kappa shape index (κ1) is 23.1. The summed E-state index contributed by atoms with van der Waals surface area (Å²) in [7, 11) is 0. The van der Waals surface area contributed by atoms with Crippen LogP contribution in [-0.4, -0.2) is 5.11 Å². The largest absolute Gasteiger partial charge is 0.508 e. The molecule has 0 aliphatic rings. The van der Waals surface area contributed by atoms with Crippen molar-refractivity contribution in [2.75, 3.05) is 15.5 Å². The van der Waals surface area contributed by atoms with E-state index >= 15 is 0 Å². The summed E-state index contributed by atoms with van der Waals surface area (Å²) in [5.74, 6) is 0.194. The monoisotopic (exact) mass is 471 g/mol. The Kier molecular flexibility index (Phi) is 6.86. The molecule has 0 fully saturated rings. The highest BCUT2D eigenvalue weighted by Crippen LogP contribution is 2.34. The molecule has 0 bridgehead atoms. The highest BCUT2D eigenvalue weighted by Gasteiger charge is 2.17. The predicted octanol–water partition coefficient (Wildman–Crippen LogP) is 7.65. The average molecular weight is 472 g/mol. The van der Waals surface area contributed by atoms with Crippen LogP contribution < -0.4 is 15.5 Å². The summed E-state index contributed by atoms with van der Waals surface area (Å²) >= 11 is 0. The summed E-state index contributed by atoms with van der Waals surface area (Å²) in [6, 6.07) is 44.7. The van der Waals surface area contributed by atoms with E-state index in [0.717, 1.165) is 33.9 Å². The highest BCUT2D eigenvalue weighted by atomic mass is 16.3. The standard InChI is InChI=1S/C32H29N3O/c33-31-22-32(36)26(24-35(29-17-9-3-10-18-29)30-19-11-4-12-20-30)21-25(31)23-34(27-13-5-1-6-14-27)28-15-7-2-8-16-28/h1-22,36H,23-24,33H2. The number of anilines is 5. The number of hydrogen-bond donors (Lipinski definition) is 2. The van der Waals surface area contributed by atoms with Crippen LogP contribution in [-0.2, 0) is 13.1 Å². The van der Waals surface area contributed by atoms with Crippen LogP contribution in [0.2, 0.25) is 0 Å². The summed E-state index contributed by atoms with van der Waals surface area (Å²) < 4.78 is 0. The van der Waals surface area contributed by atoms with Crippen LogP contribution >= 0.6 is 0 Å². The first-order valence-electron chi connectivity index (χ1n) is 12.0. The molecule has 5 rings (SSSR count). The van der Waals surface area contributed by atoms with Gasteiger partial charge in [0.05, 0.1) is 13.1 Å². The van der Waals surface area contributed by atoms with Gasteiger partial charge in [0.2, 0.25) is 0 Å². The number of para-hydroxylation sites is 4. The van der Waals surface area contributed by atoms with E-state index in [1.165, 1.54) is 0 Å². The van der Waals surface area contributed by atoms with E-state index in [2.05, 4.69) is 58.3 Å². The fourth-order valence-electron chi connectivity index (χ4n) is 4.40. The van der Waals surface area contributed by atoms with Gasteiger partial charge >= 0.3 is 0 Å². The van der Waals surface area contributed by atoms with E-state index in [4.69, 9.17) is 5.73 Å². The quantitative estimate of drug-likeness (QED) is 0.228. The van der Waals surface area contributed by atoms with Gasteiger partial charge in [-0.15, -0.1) is 0 Å². The van der Waals surface area contributed by atoms with Crippen molar-refractivity contribution in [3.05, 3.63) is 145 Å². The maximum absolute atomic E-state index is 10.9. The minimum Gasteiger partial charge on any atom is -0.508 e.